The molecule has 1 aliphatic heterocycles. The highest BCUT2D eigenvalue weighted by Gasteiger charge is 2.25. The molecule has 1 aromatic carbocycles. The summed E-state index contributed by atoms with van der Waals surface area (Å²) in [5, 5.41) is 0.472. The Balaban J connectivity index is 1.96. The van der Waals surface area contributed by atoms with Crippen molar-refractivity contribution in [1.29, 1.82) is 0 Å². The minimum absolute atomic E-state index is 0.0240. The standard InChI is InChI=1S/C12H15ClN2O4S/c1-15-7-10(19-8-12(15)16)6-14-20(17,18)11-4-2-9(13)3-5-11/h2-5,10,14H,6-8H2,1H3. The Bertz CT molecular complexity index is 588. The molecule has 1 aromatic rings. The van der Waals surface area contributed by atoms with E-state index in [2.05, 4.69) is 4.72 Å². The van der Waals surface area contributed by atoms with Crippen LogP contribution in [-0.4, -0.2) is 52.1 Å². The molecule has 1 heterocycles. The van der Waals surface area contributed by atoms with Gasteiger partial charge in [0.1, 0.15) is 6.61 Å². The van der Waals surface area contributed by atoms with E-state index in [4.69, 9.17) is 16.3 Å². The molecular weight excluding hydrogens is 304 g/mol. The first-order valence-corrected chi connectivity index (χ1v) is 7.85. The molecule has 1 unspecified atom stereocenters. The Hall–Kier alpha value is -1.15. The smallest absolute Gasteiger partial charge is 0.248 e. The molecule has 8 heteroatoms. The second kappa shape index (κ2) is 6.09. The lowest BCUT2D eigenvalue weighted by atomic mass is 10.3. The number of carbonyl (C=O) groups excluding carboxylic acids is 1. The van der Waals surface area contributed by atoms with Crippen molar-refractivity contribution in [1.82, 2.24) is 9.62 Å². The van der Waals surface area contributed by atoms with Gasteiger partial charge in [-0.05, 0) is 24.3 Å². The van der Waals surface area contributed by atoms with Gasteiger partial charge in [-0.2, -0.15) is 0 Å². The number of nitrogens with one attached hydrogen (secondary N) is 1. The van der Waals surface area contributed by atoms with E-state index in [1.165, 1.54) is 29.2 Å². The van der Waals surface area contributed by atoms with Crippen molar-refractivity contribution in [3.8, 4) is 0 Å². The monoisotopic (exact) mass is 318 g/mol. The third-order valence-electron chi connectivity index (χ3n) is 2.97. The summed E-state index contributed by atoms with van der Waals surface area (Å²) in [6.45, 7) is 0.453. The van der Waals surface area contributed by atoms with E-state index in [0.29, 0.717) is 11.6 Å². The fourth-order valence-corrected chi connectivity index (χ4v) is 2.97. The van der Waals surface area contributed by atoms with Crippen LogP contribution in [0, 0.1) is 0 Å². The van der Waals surface area contributed by atoms with Crippen LogP contribution in [0.4, 0.5) is 0 Å². The molecule has 1 N–H and O–H groups in total. The molecule has 6 nitrogen and oxygen atoms in total. The second-order valence-corrected chi connectivity index (χ2v) is 6.72. The van der Waals surface area contributed by atoms with E-state index < -0.39 is 10.0 Å². The van der Waals surface area contributed by atoms with Crippen LogP contribution >= 0.6 is 11.6 Å². The molecule has 1 fully saturated rings. The topological polar surface area (TPSA) is 75.7 Å². The zero-order valence-electron chi connectivity index (χ0n) is 10.9. The number of likely N-dealkylation sites (N-methyl/N-ethyl adjacent to an activating group) is 1. The van der Waals surface area contributed by atoms with Crippen molar-refractivity contribution in [2.24, 2.45) is 0 Å². The highest BCUT2D eigenvalue weighted by molar-refractivity contribution is 7.89. The van der Waals surface area contributed by atoms with Crippen LogP contribution in [0.3, 0.4) is 0 Å². The number of ether oxygens (including phenoxy) is 1. The lowest BCUT2D eigenvalue weighted by molar-refractivity contribution is -0.146. The van der Waals surface area contributed by atoms with Crippen LogP contribution in [-0.2, 0) is 19.6 Å². The summed E-state index contributed by atoms with van der Waals surface area (Å²) in [5.74, 6) is -0.109. The zero-order chi connectivity index (χ0) is 14.8. The van der Waals surface area contributed by atoms with E-state index in [-0.39, 0.29) is 30.1 Å². The molecule has 1 atom stereocenters. The largest absolute Gasteiger partial charge is 0.365 e. The van der Waals surface area contributed by atoms with Crippen molar-refractivity contribution in [2.45, 2.75) is 11.0 Å². The summed E-state index contributed by atoms with van der Waals surface area (Å²) >= 11 is 5.72. The summed E-state index contributed by atoms with van der Waals surface area (Å²) in [5.41, 5.74) is 0. The summed E-state index contributed by atoms with van der Waals surface area (Å²) < 4.78 is 31.8. The van der Waals surface area contributed by atoms with Gasteiger partial charge >= 0.3 is 0 Å². The number of benzene rings is 1. The van der Waals surface area contributed by atoms with Gasteiger partial charge in [-0.1, -0.05) is 11.6 Å². The molecule has 110 valence electrons. The maximum absolute atomic E-state index is 12.0. The number of hydrogen-bond acceptors (Lipinski definition) is 4. The fourth-order valence-electron chi connectivity index (χ4n) is 1.78. The third-order valence-corrected chi connectivity index (χ3v) is 4.66. The number of hydrogen-bond donors (Lipinski definition) is 1. The fraction of sp³-hybridized carbons (Fsp3) is 0.417. The highest BCUT2D eigenvalue weighted by atomic mass is 35.5. The van der Waals surface area contributed by atoms with Crippen LogP contribution in [0.25, 0.3) is 0 Å². The number of rotatable bonds is 4. The Morgan fingerprint density at radius 1 is 1.40 bits per heavy atom. The molecule has 1 saturated heterocycles. The lowest BCUT2D eigenvalue weighted by Crippen LogP contribution is -2.48. The number of amides is 1. The van der Waals surface area contributed by atoms with E-state index in [9.17, 15) is 13.2 Å². The summed E-state index contributed by atoms with van der Waals surface area (Å²) in [6, 6.07) is 5.89. The van der Waals surface area contributed by atoms with Gasteiger partial charge in [-0.25, -0.2) is 13.1 Å². The number of sulfonamides is 1. The molecule has 0 radical (unpaired) electrons. The predicted molar refractivity (Wildman–Crippen MR) is 74.0 cm³/mol. The number of carbonyl (C=O) groups is 1. The first-order valence-electron chi connectivity index (χ1n) is 5.99. The number of morpholine rings is 1. The quantitative estimate of drug-likeness (QED) is 0.876. The molecule has 0 bridgehead atoms. The molecule has 0 saturated carbocycles. The van der Waals surface area contributed by atoms with Gasteiger partial charge < -0.3 is 9.64 Å². The van der Waals surface area contributed by atoms with Crippen molar-refractivity contribution >= 4 is 27.5 Å². The van der Waals surface area contributed by atoms with Gasteiger partial charge in [0.05, 0.1) is 11.0 Å². The average Bonchev–Trinajstić information content (AvgIpc) is 2.41. The Kier molecular flexibility index (Phi) is 4.64. The van der Waals surface area contributed by atoms with Gasteiger partial charge in [0, 0.05) is 25.2 Å². The highest BCUT2D eigenvalue weighted by Crippen LogP contribution is 2.14. The van der Waals surface area contributed by atoms with Crippen LogP contribution in [0.5, 0.6) is 0 Å². The van der Waals surface area contributed by atoms with E-state index in [1.807, 2.05) is 0 Å². The maximum atomic E-state index is 12.0. The molecular formula is C12H15ClN2O4S. The normalized spacial score (nSPS) is 20.2. The maximum Gasteiger partial charge on any atom is 0.248 e. The molecule has 0 aromatic heterocycles. The average molecular weight is 319 g/mol. The van der Waals surface area contributed by atoms with Crippen LogP contribution in [0.15, 0.2) is 29.2 Å². The van der Waals surface area contributed by atoms with Gasteiger partial charge in [-0.3, -0.25) is 4.79 Å². The van der Waals surface area contributed by atoms with E-state index in [1.54, 1.807) is 7.05 Å². The van der Waals surface area contributed by atoms with Gasteiger partial charge in [0.2, 0.25) is 15.9 Å². The zero-order valence-corrected chi connectivity index (χ0v) is 12.4. The molecule has 1 amide bonds. The third kappa shape index (κ3) is 3.69. The summed E-state index contributed by atoms with van der Waals surface area (Å²) in [6.07, 6.45) is -0.347. The van der Waals surface area contributed by atoms with Crippen LogP contribution in [0.1, 0.15) is 0 Å². The van der Waals surface area contributed by atoms with Crippen LogP contribution in [0.2, 0.25) is 5.02 Å². The summed E-state index contributed by atoms with van der Waals surface area (Å²) in [4.78, 5) is 12.9. The lowest BCUT2D eigenvalue weighted by Gasteiger charge is -2.29. The Morgan fingerprint density at radius 3 is 2.65 bits per heavy atom. The van der Waals surface area contributed by atoms with Crippen molar-refractivity contribution in [2.75, 3.05) is 26.7 Å². The SMILES string of the molecule is CN1CC(CNS(=O)(=O)c2ccc(Cl)cc2)OCC1=O. The number of nitrogens with zero attached hydrogens (tertiary/aromatic N) is 1. The van der Waals surface area contributed by atoms with E-state index >= 15 is 0 Å². The van der Waals surface area contributed by atoms with Crippen molar-refractivity contribution in [3.63, 3.8) is 0 Å². The first-order chi connectivity index (χ1) is 9.38. The van der Waals surface area contributed by atoms with E-state index in [0.717, 1.165) is 0 Å². The molecule has 20 heavy (non-hydrogen) atoms. The minimum atomic E-state index is -3.60. The summed E-state index contributed by atoms with van der Waals surface area (Å²) in [7, 11) is -1.94. The Labute approximate surface area is 122 Å². The molecule has 2 rings (SSSR count). The molecule has 1 aliphatic rings. The van der Waals surface area contributed by atoms with Crippen molar-refractivity contribution in [3.05, 3.63) is 29.3 Å². The predicted octanol–water partition coefficient (Wildman–Crippen LogP) is 0.476. The van der Waals surface area contributed by atoms with Crippen LogP contribution < -0.4 is 4.72 Å². The first kappa shape index (κ1) is 15.2. The second-order valence-electron chi connectivity index (χ2n) is 4.51. The van der Waals surface area contributed by atoms with Gasteiger partial charge in [0.25, 0.3) is 0 Å². The molecule has 0 spiro atoms. The minimum Gasteiger partial charge on any atom is -0.365 e. The Morgan fingerprint density at radius 2 is 2.05 bits per heavy atom. The van der Waals surface area contributed by atoms with Gasteiger partial charge in [0.15, 0.2) is 0 Å². The molecule has 0 aliphatic carbocycles. The van der Waals surface area contributed by atoms with Crippen molar-refractivity contribution < 1.29 is 17.9 Å². The van der Waals surface area contributed by atoms with Gasteiger partial charge in [-0.15, -0.1) is 0 Å². The number of halogens is 1.